The third-order valence-electron chi connectivity index (χ3n) is 6.71. The highest BCUT2D eigenvalue weighted by atomic mass is 79.9. The van der Waals surface area contributed by atoms with E-state index in [1.165, 1.54) is 25.3 Å². The first-order valence-electron chi connectivity index (χ1n) is 12.2. The molecule has 0 unspecified atom stereocenters. The van der Waals surface area contributed by atoms with Crippen molar-refractivity contribution in [2.24, 2.45) is 0 Å². The van der Waals surface area contributed by atoms with Crippen LogP contribution < -0.4 is 10.6 Å². The fraction of sp³-hybridized carbons (Fsp3) is 0.286. The Bertz CT molecular complexity index is 1380. The number of amides is 2. The number of aromatic amines is 1. The van der Waals surface area contributed by atoms with Crippen LogP contribution in [0.25, 0.3) is 17.0 Å². The first-order valence-corrected chi connectivity index (χ1v) is 13.0. The molecule has 1 aliphatic rings. The van der Waals surface area contributed by atoms with Crippen LogP contribution >= 0.6 is 15.9 Å². The molecular formula is C28H29BrF2N4O3. The highest BCUT2D eigenvalue weighted by molar-refractivity contribution is 9.10. The molecule has 4 rings (SSSR count). The van der Waals surface area contributed by atoms with E-state index < -0.39 is 11.6 Å². The summed E-state index contributed by atoms with van der Waals surface area (Å²) in [5.41, 5.74) is 1.99. The number of benzene rings is 2. The minimum absolute atomic E-state index is 0.216. The summed E-state index contributed by atoms with van der Waals surface area (Å²) in [4.78, 5) is 30.2. The third-order valence-corrected chi connectivity index (χ3v) is 7.32. The van der Waals surface area contributed by atoms with E-state index in [4.69, 9.17) is 4.74 Å². The van der Waals surface area contributed by atoms with Crippen molar-refractivity contribution in [3.05, 3.63) is 88.2 Å². The van der Waals surface area contributed by atoms with E-state index in [0.29, 0.717) is 49.1 Å². The minimum Gasteiger partial charge on any atom is -0.453 e. The van der Waals surface area contributed by atoms with Crippen molar-refractivity contribution in [2.45, 2.75) is 24.8 Å². The number of carbonyl (C=O) groups is 2. The number of methoxy groups -OCH3 is 1. The van der Waals surface area contributed by atoms with Crippen LogP contribution in [0.3, 0.4) is 0 Å². The zero-order valence-corrected chi connectivity index (χ0v) is 22.5. The van der Waals surface area contributed by atoms with E-state index in [1.54, 1.807) is 35.3 Å². The molecule has 0 atom stereocenters. The molecule has 0 saturated carbocycles. The summed E-state index contributed by atoms with van der Waals surface area (Å²) in [6, 6.07) is 9.20. The zero-order valence-electron chi connectivity index (χ0n) is 21.0. The predicted molar refractivity (Wildman–Crippen MR) is 146 cm³/mol. The number of allylic oxidation sites excluding steroid dienone is 1. The minimum atomic E-state index is -0.998. The molecule has 10 heteroatoms. The first kappa shape index (κ1) is 27.4. The van der Waals surface area contributed by atoms with Gasteiger partial charge in [-0.05, 0) is 82.7 Å². The fourth-order valence-electron chi connectivity index (χ4n) is 4.61. The Morgan fingerprint density at radius 2 is 1.97 bits per heavy atom. The molecule has 7 nitrogen and oxygen atoms in total. The van der Waals surface area contributed by atoms with Gasteiger partial charge in [-0.1, -0.05) is 18.7 Å². The number of nitrogens with one attached hydrogen (secondary N) is 3. The van der Waals surface area contributed by atoms with Gasteiger partial charge in [0.25, 0.3) is 0 Å². The van der Waals surface area contributed by atoms with Crippen molar-refractivity contribution in [1.82, 2.24) is 20.5 Å². The number of likely N-dealkylation sites (tertiary alicyclic amines) is 1. The van der Waals surface area contributed by atoms with Gasteiger partial charge in [-0.15, -0.1) is 0 Å². The number of hydrogen-bond donors (Lipinski definition) is 3. The number of H-pyrrole nitrogens is 1. The topological polar surface area (TPSA) is 86.5 Å². The van der Waals surface area contributed by atoms with Gasteiger partial charge in [0, 0.05) is 42.4 Å². The molecule has 2 aromatic carbocycles. The fourth-order valence-corrected chi connectivity index (χ4v) is 5.00. The number of halogens is 3. The summed E-state index contributed by atoms with van der Waals surface area (Å²) in [6.45, 7) is 5.06. The number of rotatable bonds is 8. The Morgan fingerprint density at radius 3 is 2.68 bits per heavy atom. The molecule has 2 amide bonds. The second kappa shape index (κ2) is 11.8. The third kappa shape index (κ3) is 6.24. The molecule has 3 aromatic rings. The Labute approximate surface area is 228 Å². The molecule has 3 N–H and O–H groups in total. The molecule has 1 saturated heterocycles. The molecule has 1 fully saturated rings. The van der Waals surface area contributed by atoms with Crippen LogP contribution in [0, 0.1) is 11.6 Å². The lowest BCUT2D eigenvalue weighted by molar-refractivity contribution is -0.129. The Kier molecular flexibility index (Phi) is 8.51. The van der Waals surface area contributed by atoms with E-state index in [1.807, 2.05) is 6.20 Å². The van der Waals surface area contributed by atoms with Crippen LogP contribution in [-0.4, -0.2) is 54.2 Å². The number of carbonyl (C=O) groups excluding carboxylic acids is 2. The smallest absolute Gasteiger partial charge is 0.409 e. The van der Waals surface area contributed by atoms with Gasteiger partial charge in [0.05, 0.1) is 11.6 Å². The monoisotopic (exact) mass is 586 g/mol. The summed E-state index contributed by atoms with van der Waals surface area (Å²) in [5.74, 6) is -0.889. The summed E-state index contributed by atoms with van der Waals surface area (Å²) in [6.07, 6.45) is 6.08. The highest BCUT2D eigenvalue weighted by Gasteiger charge is 2.42. The maximum atomic E-state index is 13.7. The van der Waals surface area contributed by atoms with E-state index in [2.05, 4.69) is 38.1 Å². The maximum Gasteiger partial charge on any atom is 0.409 e. The van der Waals surface area contributed by atoms with Crippen molar-refractivity contribution in [3.8, 4) is 0 Å². The lowest BCUT2D eigenvalue weighted by atomic mass is 9.86. The van der Waals surface area contributed by atoms with Crippen LogP contribution in [0.1, 0.15) is 24.0 Å². The number of aromatic nitrogens is 1. The van der Waals surface area contributed by atoms with Gasteiger partial charge in [0.15, 0.2) is 0 Å². The molecule has 0 aliphatic carbocycles. The molecule has 200 valence electrons. The highest BCUT2D eigenvalue weighted by Crippen LogP contribution is 2.26. The lowest BCUT2D eigenvalue weighted by Crippen LogP contribution is -2.62. The zero-order chi connectivity index (χ0) is 27.3. The second-order valence-electron chi connectivity index (χ2n) is 9.21. The largest absolute Gasteiger partial charge is 0.453 e. The van der Waals surface area contributed by atoms with E-state index >= 15 is 0 Å². The Balaban J connectivity index is 1.45. The van der Waals surface area contributed by atoms with Crippen molar-refractivity contribution < 1.29 is 23.1 Å². The van der Waals surface area contributed by atoms with Crippen molar-refractivity contribution in [3.63, 3.8) is 0 Å². The summed E-state index contributed by atoms with van der Waals surface area (Å²) in [5, 5.41) is 7.06. The van der Waals surface area contributed by atoms with Gasteiger partial charge in [-0.25, -0.2) is 13.6 Å². The van der Waals surface area contributed by atoms with Crippen molar-refractivity contribution >= 4 is 44.9 Å². The maximum absolute atomic E-state index is 13.7. The molecular weight excluding hydrogens is 558 g/mol. The standard InChI is InChI=1S/C28H29BrF2N4O3/c1-18(3-4-19-5-7-24(31)23(29)15-19)34-28(10-13-35(14-11-28)27(37)38-2)26(36)32-12-9-20-17-33-25-8-6-21(30)16-22(20)25/h3-8,15-17,33-34H,1,9-14H2,2H3,(H,32,36)/b4-3+. The van der Waals surface area contributed by atoms with Crippen molar-refractivity contribution in [1.29, 1.82) is 0 Å². The van der Waals surface area contributed by atoms with Crippen LogP contribution in [-0.2, 0) is 16.0 Å². The number of piperidine rings is 1. The molecule has 0 radical (unpaired) electrons. The lowest BCUT2D eigenvalue weighted by Gasteiger charge is -2.41. The first-order chi connectivity index (χ1) is 18.2. The summed E-state index contributed by atoms with van der Waals surface area (Å²) >= 11 is 3.18. The number of hydrogen-bond acceptors (Lipinski definition) is 4. The molecule has 0 spiro atoms. The van der Waals surface area contributed by atoms with Gasteiger partial charge in [0.2, 0.25) is 5.91 Å². The van der Waals surface area contributed by atoms with Crippen LogP contribution in [0.5, 0.6) is 0 Å². The summed E-state index contributed by atoms with van der Waals surface area (Å²) in [7, 11) is 1.33. The Morgan fingerprint density at radius 1 is 1.21 bits per heavy atom. The second-order valence-corrected chi connectivity index (χ2v) is 10.1. The number of nitrogens with zero attached hydrogens (tertiary/aromatic N) is 1. The summed E-state index contributed by atoms with van der Waals surface area (Å²) < 4.78 is 32.4. The van der Waals surface area contributed by atoms with E-state index in [9.17, 15) is 18.4 Å². The number of fused-ring (bicyclic) bond motifs is 1. The quantitative estimate of drug-likeness (QED) is 0.313. The van der Waals surface area contributed by atoms with Crippen LogP contribution in [0.2, 0.25) is 0 Å². The van der Waals surface area contributed by atoms with E-state index in [-0.39, 0.29) is 17.5 Å². The normalized spacial score (nSPS) is 15.0. The molecule has 2 heterocycles. The molecule has 0 bridgehead atoms. The van der Waals surface area contributed by atoms with Crippen LogP contribution in [0.4, 0.5) is 13.6 Å². The average Bonchev–Trinajstić information content (AvgIpc) is 3.31. The average molecular weight is 587 g/mol. The SMILES string of the molecule is C=C(/C=C/c1ccc(F)c(Br)c1)NC1(C(=O)NCCc2c[nH]c3ccc(F)cc23)CCN(C(=O)OC)CC1. The molecule has 1 aliphatic heterocycles. The molecule has 1 aromatic heterocycles. The molecule has 38 heavy (non-hydrogen) atoms. The van der Waals surface area contributed by atoms with Gasteiger partial charge >= 0.3 is 6.09 Å². The van der Waals surface area contributed by atoms with Crippen LogP contribution in [0.15, 0.2) is 65.4 Å². The van der Waals surface area contributed by atoms with Gasteiger partial charge in [-0.3, -0.25) is 4.79 Å². The van der Waals surface area contributed by atoms with Crippen molar-refractivity contribution in [2.75, 3.05) is 26.7 Å². The van der Waals surface area contributed by atoms with Gasteiger partial charge in [0.1, 0.15) is 17.2 Å². The predicted octanol–water partition coefficient (Wildman–Crippen LogP) is 5.29. The van der Waals surface area contributed by atoms with Gasteiger partial charge in [-0.2, -0.15) is 0 Å². The van der Waals surface area contributed by atoms with E-state index in [0.717, 1.165) is 22.0 Å². The Hall–Kier alpha value is -3.66. The number of ether oxygens (including phenoxy) is 1. The van der Waals surface area contributed by atoms with Gasteiger partial charge < -0.3 is 25.3 Å².